The molecule has 0 amide bonds. The maximum Gasteiger partial charge on any atom is 0.189 e. The molecule has 1 heterocycles. The van der Waals surface area contributed by atoms with E-state index in [0.29, 0.717) is 0 Å². The van der Waals surface area contributed by atoms with E-state index in [1.165, 1.54) is 24.6 Å². The van der Waals surface area contributed by atoms with Crippen molar-refractivity contribution in [1.82, 2.24) is 9.97 Å². The molecule has 82 valence electrons. The molecular formula is C10H15N3OS. The molecule has 4 nitrogen and oxygen atoms in total. The van der Waals surface area contributed by atoms with Crippen LogP contribution in [0.5, 0.6) is 0 Å². The van der Waals surface area contributed by atoms with Gasteiger partial charge < -0.3 is 10.4 Å². The topological polar surface area (TPSA) is 58.0 Å². The first-order chi connectivity index (χ1) is 7.33. The van der Waals surface area contributed by atoms with Crippen molar-refractivity contribution in [3.8, 4) is 0 Å². The fourth-order valence-electron chi connectivity index (χ4n) is 1.32. The zero-order valence-electron chi connectivity index (χ0n) is 8.73. The smallest absolute Gasteiger partial charge is 0.189 e. The summed E-state index contributed by atoms with van der Waals surface area (Å²) in [7, 11) is 0. The van der Waals surface area contributed by atoms with Crippen LogP contribution in [-0.4, -0.2) is 27.9 Å². The van der Waals surface area contributed by atoms with Crippen LogP contribution in [-0.2, 0) is 6.61 Å². The average Bonchev–Trinajstić information content (AvgIpc) is 3.09. The minimum Gasteiger partial charge on any atom is -0.391 e. The number of hydrogen-bond donors (Lipinski definition) is 2. The second-order valence-corrected chi connectivity index (χ2v) is 4.49. The fraction of sp³-hybridized carbons (Fsp3) is 0.600. The van der Waals surface area contributed by atoms with Crippen LogP contribution in [0.4, 0.5) is 5.82 Å². The number of thioether (sulfide) groups is 1. The lowest BCUT2D eigenvalue weighted by molar-refractivity contribution is 0.281. The molecule has 0 unspecified atom stereocenters. The Bertz CT molecular complexity index is 341. The number of nitrogens with zero attached hydrogens (tertiary/aromatic N) is 2. The van der Waals surface area contributed by atoms with E-state index in [1.807, 2.05) is 6.26 Å². The van der Waals surface area contributed by atoms with Crippen LogP contribution in [0.15, 0.2) is 11.4 Å². The molecule has 0 atom stereocenters. The predicted molar refractivity (Wildman–Crippen MR) is 60.9 cm³/mol. The summed E-state index contributed by atoms with van der Waals surface area (Å²) in [4.78, 5) is 8.47. The maximum absolute atomic E-state index is 9.14. The van der Waals surface area contributed by atoms with Crippen molar-refractivity contribution in [3.05, 3.63) is 11.8 Å². The Hall–Kier alpha value is -0.810. The first-order valence-corrected chi connectivity index (χ1v) is 6.30. The molecule has 1 saturated carbocycles. The minimum atomic E-state index is -0.0122. The van der Waals surface area contributed by atoms with Gasteiger partial charge in [0.05, 0.1) is 6.61 Å². The van der Waals surface area contributed by atoms with Gasteiger partial charge in [0.25, 0.3) is 0 Å². The van der Waals surface area contributed by atoms with Crippen molar-refractivity contribution >= 4 is 17.6 Å². The van der Waals surface area contributed by atoms with Gasteiger partial charge in [0.1, 0.15) is 5.82 Å². The van der Waals surface area contributed by atoms with E-state index in [2.05, 4.69) is 15.3 Å². The first kappa shape index (κ1) is 10.7. The first-order valence-electron chi connectivity index (χ1n) is 5.08. The van der Waals surface area contributed by atoms with Crippen LogP contribution >= 0.6 is 11.8 Å². The van der Waals surface area contributed by atoms with Crippen LogP contribution in [0.2, 0.25) is 0 Å². The Kier molecular flexibility index (Phi) is 3.43. The van der Waals surface area contributed by atoms with Crippen LogP contribution < -0.4 is 5.32 Å². The normalized spacial score (nSPS) is 15.3. The number of nitrogens with one attached hydrogen (secondary N) is 1. The summed E-state index contributed by atoms with van der Waals surface area (Å²) in [5.74, 6) is 1.58. The Labute approximate surface area is 93.5 Å². The van der Waals surface area contributed by atoms with Gasteiger partial charge in [0, 0.05) is 18.3 Å². The number of anilines is 1. The summed E-state index contributed by atoms with van der Waals surface area (Å²) in [5.41, 5.74) is 0.772. The van der Waals surface area contributed by atoms with Gasteiger partial charge in [-0.15, -0.1) is 0 Å². The lowest BCUT2D eigenvalue weighted by atomic mass is 10.3. The molecule has 1 fully saturated rings. The Balaban J connectivity index is 2.08. The molecule has 1 aromatic heterocycles. The van der Waals surface area contributed by atoms with Gasteiger partial charge >= 0.3 is 0 Å². The van der Waals surface area contributed by atoms with Gasteiger partial charge in [-0.2, -0.15) is 0 Å². The molecule has 0 bridgehead atoms. The van der Waals surface area contributed by atoms with E-state index >= 15 is 0 Å². The molecule has 0 spiro atoms. The van der Waals surface area contributed by atoms with E-state index < -0.39 is 0 Å². The minimum absolute atomic E-state index is 0.0122. The number of aromatic nitrogens is 2. The van der Waals surface area contributed by atoms with Gasteiger partial charge in [-0.3, -0.25) is 0 Å². The standard InChI is InChI=1S/C10H15N3OS/c1-15-10-12-5-8(6-14)9(13-10)11-4-7-2-3-7/h5,7,14H,2-4,6H2,1H3,(H,11,12,13). The molecule has 0 aliphatic heterocycles. The molecular weight excluding hydrogens is 210 g/mol. The van der Waals surface area contributed by atoms with E-state index in [9.17, 15) is 0 Å². The molecule has 1 aliphatic rings. The monoisotopic (exact) mass is 225 g/mol. The summed E-state index contributed by atoms with van der Waals surface area (Å²) < 4.78 is 0. The number of aliphatic hydroxyl groups excluding tert-OH is 1. The SMILES string of the molecule is CSc1ncc(CO)c(NCC2CC2)n1. The molecule has 5 heteroatoms. The second kappa shape index (κ2) is 4.81. The summed E-state index contributed by atoms with van der Waals surface area (Å²) in [6.07, 6.45) is 6.25. The molecule has 2 N–H and O–H groups in total. The lowest BCUT2D eigenvalue weighted by Crippen LogP contribution is -2.09. The average molecular weight is 225 g/mol. The molecule has 0 radical (unpaired) electrons. The highest BCUT2D eigenvalue weighted by molar-refractivity contribution is 7.98. The van der Waals surface area contributed by atoms with E-state index in [0.717, 1.165) is 29.0 Å². The van der Waals surface area contributed by atoms with E-state index in [1.54, 1.807) is 6.20 Å². The number of rotatable bonds is 5. The Morgan fingerprint density at radius 2 is 2.40 bits per heavy atom. The lowest BCUT2D eigenvalue weighted by Gasteiger charge is -2.09. The number of hydrogen-bond acceptors (Lipinski definition) is 5. The molecule has 1 aromatic rings. The van der Waals surface area contributed by atoms with Gasteiger partial charge in [-0.25, -0.2) is 9.97 Å². The third-order valence-corrected chi connectivity index (χ3v) is 3.01. The van der Waals surface area contributed by atoms with Crippen molar-refractivity contribution in [2.75, 3.05) is 18.1 Å². The van der Waals surface area contributed by atoms with Crippen molar-refractivity contribution in [1.29, 1.82) is 0 Å². The van der Waals surface area contributed by atoms with Crippen molar-refractivity contribution < 1.29 is 5.11 Å². The molecule has 2 rings (SSSR count). The van der Waals surface area contributed by atoms with Crippen LogP contribution in [0.1, 0.15) is 18.4 Å². The van der Waals surface area contributed by atoms with E-state index in [-0.39, 0.29) is 6.61 Å². The van der Waals surface area contributed by atoms with Gasteiger partial charge in [-0.05, 0) is 25.0 Å². The Morgan fingerprint density at radius 3 is 3.00 bits per heavy atom. The third-order valence-electron chi connectivity index (χ3n) is 2.45. The van der Waals surface area contributed by atoms with Crippen molar-refractivity contribution in [2.24, 2.45) is 5.92 Å². The van der Waals surface area contributed by atoms with Gasteiger partial charge in [0.2, 0.25) is 0 Å². The molecule has 1 aliphatic carbocycles. The number of aliphatic hydroxyl groups is 1. The molecule has 15 heavy (non-hydrogen) atoms. The van der Waals surface area contributed by atoms with Crippen molar-refractivity contribution in [2.45, 2.75) is 24.6 Å². The predicted octanol–water partition coefficient (Wildman–Crippen LogP) is 1.51. The second-order valence-electron chi connectivity index (χ2n) is 3.71. The zero-order chi connectivity index (χ0) is 10.7. The van der Waals surface area contributed by atoms with Gasteiger partial charge in [0.15, 0.2) is 5.16 Å². The highest BCUT2D eigenvalue weighted by Gasteiger charge is 2.21. The highest BCUT2D eigenvalue weighted by Crippen LogP contribution is 2.29. The third kappa shape index (κ3) is 2.82. The molecule has 0 aromatic carbocycles. The maximum atomic E-state index is 9.14. The van der Waals surface area contributed by atoms with Crippen molar-refractivity contribution in [3.63, 3.8) is 0 Å². The summed E-state index contributed by atoms with van der Waals surface area (Å²) in [6, 6.07) is 0. The van der Waals surface area contributed by atoms with Gasteiger partial charge in [-0.1, -0.05) is 11.8 Å². The highest BCUT2D eigenvalue weighted by atomic mass is 32.2. The van der Waals surface area contributed by atoms with Crippen LogP contribution in [0.25, 0.3) is 0 Å². The van der Waals surface area contributed by atoms with Crippen LogP contribution in [0, 0.1) is 5.92 Å². The molecule has 0 saturated heterocycles. The van der Waals surface area contributed by atoms with E-state index in [4.69, 9.17) is 5.11 Å². The fourth-order valence-corrected chi connectivity index (χ4v) is 1.66. The zero-order valence-corrected chi connectivity index (χ0v) is 9.55. The summed E-state index contributed by atoms with van der Waals surface area (Å²) in [6.45, 7) is 0.944. The quantitative estimate of drug-likeness (QED) is 0.587. The Morgan fingerprint density at radius 1 is 1.60 bits per heavy atom. The summed E-state index contributed by atoms with van der Waals surface area (Å²) in [5, 5.41) is 13.2. The van der Waals surface area contributed by atoms with Crippen LogP contribution in [0.3, 0.4) is 0 Å². The largest absolute Gasteiger partial charge is 0.391 e. The summed E-state index contributed by atoms with van der Waals surface area (Å²) >= 11 is 1.51.